The number of anilines is 2. The van der Waals surface area contributed by atoms with Crippen LogP contribution in [0.4, 0.5) is 11.4 Å². The highest BCUT2D eigenvalue weighted by molar-refractivity contribution is 6.04. The van der Waals surface area contributed by atoms with Gasteiger partial charge in [-0.1, -0.05) is 46.2 Å². The Labute approximate surface area is 208 Å². The molecule has 2 rings (SSSR count). The third-order valence-corrected chi connectivity index (χ3v) is 6.10. The molecule has 7 nitrogen and oxygen atoms in total. The molecule has 2 aromatic carbocycles. The van der Waals surface area contributed by atoms with E-state index in [-0.39, 0.29) is 35.4 Å². The van der Waals surface area contributed by atoms with E-state index < -0.39 is 0 Å². The molecule has 0 heterocycles. The number of hydrogen-bond donors (Lipinski definition) is 3. The lowest BCUT2D eigenvalue weighted by molar-refractivity contribution is -0.121. The highest BCUT2D eigenvalue weighted by Crippen LogP contribution is 2.35. The van der Waals surface area contributed by atoms with Gasteiger partial charge < -0.3 is 20.6 Å². The maximum absolute atomic E-state index is 13.3. The molecule has 0 aliphatic rings. The van der Waals surface area contributed by atoms with Gasteiger partial charge in [0.15, 0.2) is 0 Å². The number of carbonyl (C=O) groups excluding carboxylic acids is 3. The summed E-state index contributed by atoms with van der Waals surface area (Å²) in [6, 6.07) is 7.06. The number of phenols is 1. The summed E-state index contributed by atoms with van der Waals surface area (Å²) in [6.07, 6.45) is 1.86. The Morgan fingerprint density at radius 1 is 1.03 bits per heavy atom. The molecular formula is C28H39N3O4. The average Bonchev–Trinajstić information content (AvgIpc) is 2.79. The number of aryl methyl sites for hydroxylation is 2. The molecule has 0 radical (unpaired) electrons. The van der Waals surface area contributed by atoms with Crippen molar-refractivity contribution < 1.29 is 19.5 Å². The van der Waals surface area contributed by atoms with E-state index in [2.05, 4.69) is 10.6 Å². The molecule has 2 aromatic rings. The van der Waals surface area contributed by atoms with Gasteiger partial charge in [-0.2, -0.15) is 0 Å². The van der Waals surface area contributed by atoms with Crippen molar-refractivity contribution in [3.8, 4) is 5.75 Å². The molecule has 0 aromatic heterocycles. The highest BCUT2D eigenvalue weighted by Gasteiger charge is 2.26. The van der Waals surface area contributed by atoms with Crippen LogP contribution in [-0.2, 0) is 15.0 Å². The van der Waals surface area contributed by atoms with Gasteiger partial charge in [-0.15, -0.1) is 0 Å². The number of phenolic OH excluding ortho intramolecular Hbond substituents is 1. The summed E-state index contributed by atoms with van der Waals surface area (Å²) in [5.74, 6) is -0.689. The number of amides is 3. The first kappa shape index (κ1) is 27.9. The molecule has 0 aliphatic carbocycles. The first-order valence-corrected chi connectivity index (χ1v) is 12.1. The maximum atomic E-state index is 13.3. The number of nitrogens with one attached hydrogen (secondary N) is 2. The Morgan fingerprint density at radius 3 is 2.26 bits per heavy atom. The number of nitrogens with zero attached hydrogens (tertiary/aromatic N) is 1. The van der Waals surface area contributed by atoms with Crippen molar-refractivity contribution in [1.82, 2.24) is 5.32 Å². The number of rotatable bonds is 8. The normalized spacial score (nSPS) is 11.2. The smallest absolute Gasteiger partial charge is 0.251 e. The average molecular weight is 482 g/mol. The summed E-state index contributed by atoms with van der Waals surface area (Å²) in [7, 11) is 1.56. The molecule has 0 spiro atoms. The fraction of sp³-hybridized carbons (Fsp3) is 0.464. The fourth-order valence-electron chi connectivity index (χ4n) is 4.26. The Morgan fingerprint density at radius 2 is 1.69 bits per heavy atom. The van der Waals surface area contributed by atoms with Gasteiger partial charge in [0.25, 0.3) is 5.91 Å². The number of carbonyl (C=O) groups is 3. The SMILES string of the molecule is CCCCC(=O)N(CC(=O)Nc1cc(C(=O)NC)ccc1C(C)(C)C)c1c(C)cc(C)c(O)c1C. The summed E-state index contributed by atoms with van der Waals surface area (Å²) < 4.78 is 0. The Bertz CT molecular complexity index is 1120. The monoisotopic (exact) mass is 481 g/mol. The molecule has 0 fully saturated rings. The van der Waals surface area contributed by atoms with Crippen LogP contribution in [0.25, 0.3) is 0 Å². The molecule has 0 saturated carbocycles. The van der Waals surface area contributed by atoms with E-state index in [4.69, 9.17) is 0 Å². The topological polar surface area (TPSA) is 98.7 Å². The van der Waals surface area contributed by atoms with Crippen molar-refractivity contribution in [1.29, 1.82) is 0 Å². The lowest BCUT2D eigenvalue weighted by atomic mass is 9.85. The van der Waals surface area contributed by atoms with E-state index in [9.17, 15) is 19.5 Å². The van der Waals surface area contributed by atoms with Crippen molar-refractivity contribution in [3.63, 3.8) is 0 Å². The third kappa shape index (κ3) is 6.62. The number of aromatic hydroxyl groups is 1. The Balaban J connectivity index is 2.48. The van der Waals surface area contributed by atoms with Crippen LogP contribution in [0.15, 0.2) is 24.3 Å². The fourth-order valence-corrected chi connectivity index (χ4v) is 4.26. The molecule has 7 heteroatoms. The van der Waals surface area contributed by atoms with Gasteiger partial charge in [0, 0.05) is 30.3 Å². The van der Waals surface area contributed by atoms with Gasteiger partial charge in [0.05, 0.1) is 5.69 Å². The molecule has 0 atom stereocenters. The van der Waals surface area contributed by atoms with E-state index in [0.717, 1.165) is 23.1 Å². The van der Waals surface area contributed by atoms with Crippen molar-refractivity contribution >= 4 is 29.1 Å². The predicted octanol–water partition coefficient (Wildman–Crippen LogP) is 5.14. The van der Waals surface area contributed by atoms with Crippen LogP contribution < -0.4 is 15.5 Å². The Hall–Kier alpha value is -3.35. The van der Waals surface area contributed by atoms with Crippen LogP contribution in [0, 0.1) is 20.8 Å². The molecule has 0 bridgehead atoms. The van der Waals surface area contributed by atoms with E-state index >= 15 is 0 Å². The van der Waals surface area contributed by atoms with Crippen molar-refractivity contribution in [3.05, 3.63) is 52.1 Å². The molecule has 35 heavy (non-hydrogen) atoms. The Kier molecular flexibility index (Phi) is 9.07. The quantitative estimate of drug-likeness (QED) is 0.486. The summed E-state index contributed by atoms with van der Waals surface area (Å²) in [6.45, 7) is 13.3. The number of benzene rings is 2. The van der Waals surface area contributed by atoms with Crippen LogP contribution in [-0.4, -0.2) is 36.4 Å². The van der Waals surface area contributed by atoms with Crippen LogP contribution in [0.2, 0.25) is 0 Å². The minimum Gasteiger partial charge on any atom is -0.507 e. The van der Waals surface area contributed by atoms with Crippen LogP contribution in [0.1, 0.15) is 79.6 Å². The third-order valence-electron chi connectivity index (χ3n) is 6.10. The van der Waals surface area contributed by atoms with Crippen LogP contribution in [0.3, 0.4) is 0 Å². The minimum atomic E-state index is -0.381. The molecule has 0 aliphatic heterocycles. The summed E-state index contributed by atoms with van der Waals surface area (Å²) in [5, 5.41) is 16.1. The van der Waals surface area contributed by atoms with Crippen molar-refractivity contribution in [2.45, 2.75) is 73.1 Å². The minimum absolute atomic E-state index is 0.118. The van der Waals surface area contributed by atoms with E-state index in [1.54, 1.807) is 26.1 Å². The second-order valence-corrected chi connectivity index (χ2v) is 10.1. The van der Waals surface area contributed by atoms with Crippen molar-refractivity contribution in [2.75, 3.05) is 23.8 Å². The van der Waals surface area contributed by atoms with Gasteiger partial charge in [0.1, 0.15) is 12.3 Å². The zero-order valence-electron chi connectivity index (χ0n) is 22.3. The lowest BCUT2D eigenvalue weighted by Crippen LogP contribution is -2.39. The molecule has 3 amide bonds. The summed E-state index contributed by atoms with van der Waals surface area (Å²) in [5.41, 5.74) is 4.21. The second kappa shape index (κ2) is 11.4. The molecule has 3 N–H and O–H groups in total. The van der Waals surface area contributed by atoms with Crippen molar-refractivity contribution in [2.24, 2.45) is 0 Å². The number of unbranched alkanes of at least 4 members (excludes halogenated alkanes) is 1. The van der Waals surface area contributed by atoms with E-state index in [0.29, 0.717) is 35.3 Å². The van der Waals surface area contributed by atoms with Crippen LogP contribution in [0.5, 0.6) is 5.75 Å². The summed E-state index contributed by atoms with van der Waals surface area (Å²) in [4.78, 5) is 40.2. The zero-order valence-corrected chi connectivity index (χ0v) is 22.3. The van der Waals surface area contributed by atoms with Gasteiger partial charge >= 0.3 is 0 Å². The van der Waals surface area contributed by atoms with Gasteiger partial charge in [-0.3, -0.25) is 14.4 Å². The predicted molar refractivity (Wildman–Crippen MR) is 141 cm³/mol. The molecular weight excluding hydrogens is 442 g/mol. The van der Waals surface area contributed by atoms with Gasteiger partial charge in [0.2, 0.25) is 11.8 Å². The molecule has 0 saturated heterocycles. The second-order valence-electron chi connectivity index (χ2n) is 10.1. The molecule has 190 valence electrons. The lowest BCUT2D eigenvalue weighted by Gasteiger charge is -2.28. The van der Waals surface area contributed by atoms with Crippen LogP contribution >= 0.6 is 0 Å². The zero-order chi connectivity index (χ0) is 26.5. The maximum Gasteiger partial charge on any atom is 0.251 e. The van der Waals surface area contributed by atoms with E-state index in [1.807, 2.05) is 53.7 Å². The summed E-state index contributed by atoms with van der Waals surface area (Å²) >= 11 is 0. The first-order valence-electron chi connectivity index (χ1n) is 12.1. The largest absolute Gasteiger partial charge is 0.507 e. The molecule has 0 unspecified atom stereocenters. The number of hydrogen-bond acceptors (Lipinski definition) is 4. The van der Waals surface area contributed by atoms with Gasteiger partial charge in [-0.25, -0.2) is 0 Å². The first-order chi connectivity index (χ1) is 16.3. The standard InChI is InChI=1S/C28H39N3O4/c1-9-10-11-24(33)31(25-17(2)14-18(3)26(34)19(25)4)16-23(32)30-22-15-20(27(35)29-8)12-13-21(22)28(5,6)7/h12-15,34H,9-11,16H2,1-8H3,(H,29,35)(H,30,32). The van der Waals surface area contributed by atoms with Gasteiger partial charge in [-0.05, 0) is 61.4 Å². The highest BCUT2D eigenvalue weighted by atomic mass is 16.3. The van der Waals surface area contributed by atoms with E-state index in [1.165, 1.54) is 4.90 Å².